The van der Waals surface area contributed by atoms with Gasteiger partial charge < -0.3 is 10.2 Å². The van der Waals surface area contributed by atoms with Gasteiger partial charge in [0.05, 0.1) is 11.1 Å². The molecule has 1 N–H and O–H groups in total. The van der Waals surface area contributed by atoms with Gasteiger partial charge in [-0.15, -0.1) is 0 Å². The molecule has 1 aromatic heterocycles. The maximum Gasteiger partial charge on any atom is 0.254 e. The van der Waals surface area contributed by atoms with E-state index in [1.54, 1.807) is 0 Å². The number of rotatable bonds is 5. The zero-order valence-corrected chi connectivity index (χ0v) is 18.2. The number of para-hydroxylation sites is 1. The summed E-state index contributed by atoms with van der Waals surface area (Å²) in [6, 6.07) is 19.7. The number of amides is 2. The summed E-state index contributed by atoms with van der Waals surface area (Å²) in [5, 5.41) is 3.93. The van der Waals surface area contributed by atoms with Crippen LogP contribution in [0.5, 0.6) is 0 Å². The molecule has 0 radical (unpaired) electrons. The van der Waals surface area contributed by atoms with Crippen molar-refractivity contribution in [2.45, 2.75) is 39.2 Å². The minimum Gasteiger partial charge on any atom is -0.352 e. The number of carbonyl (C=O) groups is 2. The third-order valence-electron chi connectivity index (χ3n) is 6.02. The Morgan fingerprint density at radius 1 is 1.03 bits per heavy atom. The van der Waals surface area contributed by atoms with E-state index in [-0.39, 0.29) is 23.7 Å². The van der Waals surface area contributed by atoms with Crippen molar-refractivity contribution in [3.63, 3.8) is 0 Å². The molecule has 0 atom stereocenters. The first-order valence-corrected chi connectivity index (χ1v) is 11.0. The predicted molar refractivity (Wildman–Crippen MR) is 123 cm³/mol. The Hall–Kier alpha value is -3.21. The average molecular weight is 416 g/mol. The fourth-order valence-electron chi connectivity index (χ4n) is 4.11. The molecule has 0 unspecified atom stereocenters. The lowest BCUT2D eigenvalue weighted by molar-refractivity contribution is -0.126. The molecule has 2 aromatic carbocycles. The highest BCUT2D eigenvalue weighted by molar-refractivity contribution is 6.06. The molecular formula is C26H29N3O2. The number of nitrogens with one attached hydrogen (secondary N) is 1. The molecule has 2 heterocycles. The van der Waals surface area contributed by atoms with Gasteiger partial charge in [0.15, 0.2) is 0 Å². The van der Waals surface area contributed by atoms with Crippen molar-refractivity contribution >= 4 is 22.7 Å². The smallest absolute Gasteiger partial charge is 0.254 e. The average Bonchev–Trinajstić information content (AvgIpc) is 2.82. The summed E-state index contributed by atoms with van der Waals surface area (Å²) < 4.78 is 0. The van der Waals surface area contributed by atoms with E-state index in [1.165, 1.54) is 0 Å². The van der Waals surface area contributed by atoms with E-state index in [1.807, 2.05) is 65.6 Å². The number of aromatic nitrogens is 1. The molecule has 160 valence electrons. The third kappa shape index (κ3) is 4.76. The molecule has 1 aliphatic heterocycles. The van der Waals surface area contributed by atoms with Crippen molar-refractivity contribution in [2.75, 3.05) is 13.1 Å². The van der Waals surface area contributed by atoms with Gasteiger partial charge in [-0.2, -0.15) is 0 Å². The SMILES string of the molecule is CC(C)c1cc(C(=O)N2CCC(C(=O)NCc3ccccc3)CC2)c2ccccc2n1. The number of carbonyl (C=O) groups excluding carboxylic acids is 2. The molecule has 0 spiro atoms. The van der Waals surface area contributed by atoms with E-state index in [4.69, 9.17) is 4.98 Å². The Bertz CT molecular complexity index is 1070. The molecule has 0 bridgehead atoms. The first-order chi connectivity index (χ1) is 15.0. The van der Waals surface area contributed by atoms with Gasteiger partial charge in [0.25, 0.3) is 5.91 Å². The van der Waals surface area contributed by atoms with Crippen LogP contribution in [0.15, 0.2) is 60.7 Å². The van der Waals surface area contributed by atoms with E-state index < -0.39 is 0 Å². The van der Waals surface area contributed by atoms with Gasteiger partial charge in [-0.05, 0) is 36.5 Å². The number of hydrogen-bond acceptors (Lipinski definition) is 3. The number of likely N-dealkylation sites (tertiary alicyclic amines) is 1. The molecule has 31 heavy (non-hydrogen) atoms. The standard InChI is InChI=1S/C26H29N3O2/c1-18(2)24-16-22(21-10-6-7-11-23(21)28-24)26(31)29-14-12-20(13-15-29)25(30)27-17-19-8-4-3-5-9-19/h3-11,16,18,20H,12-15,17H2,1-2H3,(H,27,30). The lowest BCUT2D eigenvalue weighted by atomic mass is 9.94. The van der Waals surface area contributed by atoms with Gasteiger partial charge in [0.1, 0.15) is 0 Å². The Morgan fingerprint density at radius 2 is 1.71 bits per heavy atom. The lowest BCUT2D eigenvalue weighted by Crippen LogP contribution is -2.43. The van der Waals surface area contributed by atoms with Gasteiger partial charge >= 0.3 is 0 Å². The van der Waals surface area contributed by atoms with Crippen molar-refractivity contribution in [3.8, 4) is 0 Å². The van der Waals surface area contributed by atoms with Gasteiger partial charge in [-0.25, -0.2) is 0 Å². The summed E-state index contributed by atoms with van der Waals surface area (Å²) in [6.45, 7) is 5.90. The molecule has 5 heteroatoms. The fourth-order valence-corrected chi connectivity index (χ4v) is 4.11. The Kier molecular flexibility index (Phi) is 6.31. The maximum atomic E-state index is 13.4. The molecule has 3 aromatic rings. The second kappa shape index (κ2) is 9.29. The van der Waals surface area contributed by atoms with Crippen LogP contribution in [-0.2, 0) is 11.3 Å². The monoisotopic (exact) mass is 415 g/mol. The van der Waals surface area contributed by atoms with Crippen molar-refractivity contribution < 1.29 is 9.59 Å². The number of piperidine rings is 1. The first kappa shape index (κ1) is 21.0. The molecule has 0 aliphatic carbocycles. The van der Waals surface area contributed by atoms with Crippen molar-refractivity contribution in [3.05, 3.63) is 77.5 Å². The Labute approximate surface area is 183 Å². The van der Waals surface area contributed by atoms with E-state index in [0.29, 0.717) is 38.0 Å². The Morgan fingerprint density at radius 3 is 2.42 bits per heavy atom. The summed E-state index contributed by atoms with van der Waals surface area (Å²) in [7, 11) is 0. The van der Waals surface area contributed by atoms with Crippen LogP contribution >= 0.6 is 0 Å². The van der Waals surface area contributed by atoms with Gasteiger partial charge in [0.2, 0.25) is 5.91 Å². The number of hydrogen-bond donors (Lipinski definition) is 1. The molecule has 1 aliphatic rings. The van der Waals surface area contributed by atoms with Crippen LogP contribution in [0.4, 0.5) is 0 Å². The number of benzene rings is 2. The van der Waals surface area contributed by atoms with Crippen LogP contribution < -0.4 is 5.32 Å². The second-order valence-electron chi connectivity index (χ2n) is 8.54. The molecular weight excluding hydrogens is 386 g/mol. The minimum absolute atomic E-state index is 0.0312. The quantitative estimate of drug-likeness (QED) is 0.666. The topological polar surface area (TPSA) is 62.3 Å². The van der Waals surface area contributed by atoms with E-state index >= 15 is 0 Å². The molecule has 4 rings (SSSR count). The molecule has 1 saturated heterocycles. The van der Waals surface area contributed by atoms with Crippen LogP contribution in [-0.4, -0.2) is 34.8 Å². The summed E-state index contributed by atoms with van der Waals surface area (Å²) in [4.78, 5) is 32.6. The van der Waals surface area contributed by atoms with E-state index in [2.05, 4.69) is 19.2 Å². The predicted octanol–water partition coefficient (Wildman–Crippen LogP) is 4.53. The fraction of sp³-hybridized carbons (Fsp3) is 0.346. The number of fused-ring (bicyclic) bond motifs is 1. The highest BCUT2D eigenvalue weighted by Gasteiger charge is 2.28. The number of nitrogens with zero attached hydrogens (tertiary/aromatic N) is 2. The first-order valence-electron chi connectivity index (χ1n) is 11.0. The van der Waals surface area contributed by atoms with Crippen LogP contribution in [0.3, 0.4) is 0 Å². The third-order valence-corrected chi connectivity index (χ3v) is 6.02. The van der Waals surface area contributed by atoms with Crippen molar-refractivity contribution in [2.24, 2.45) is 5.92 Å². The summed E-state index contributed by atoms with van der Waals surface area (Å²) in [5.41, 5.74) is 3.58. The molecule has 2 amide bonds. The second-order valence-corrected chi connectivity index (χ2v) is 8.54. The number of pyridine rings is 1. The normalized spacial score (nSPS) is 14.7. The van der Waals surface area contributed by atoms with Crippen LogP contribution in [0.1, 0.15) is 54.2 Å². The summed E-state index contributed by atoms with van der Waals surface area (Å²) in [6.07, 6.45) is 1.37. The van der Waals surface area contributed by atoms with Gasteiger partial charge in [0, 0.05) is 36.6 Å². The summed E-state index contributed by atoms with van der Waals surface area (Å²) >= 11 is 0. The van der Waals surface area contributed by atoms with Crippen molar-refractivity contribution in [1.82, 2.24) is 15.2 Å². The van der Waals surface area contributed by atoms with E-state index in [9.17, 15) is 9.59 Å². The zero-order chi connectivity index (χ0) is 21.8. The minimum atomic E-state index is -0.0480. The zero-order valence-electron chi connectivity index (χ0n) is 18.2. The molecule has 1 fully saturated rings. The van der Waals surface area contributed by atoms with Crippen LogP contribution in [0.2, 0.25) is 0 Å². The van der Waals surface area contributed by atoms with Crippen LogP contribution in [0, 0.1) is 5.92 Å². The Balaban J connectivity index is 1.42. The largest absolute Gasteiger partial charge is 0.352 e. The lowest BCUT2D eigenvalue weighted by Gasteiger charge is -2.31. The highest BCUT2D eigenvalue weighted by Crippen LogP contribution is 2.26. The van der Waals surface area contributed by atoms with Gasteiger partial charge in [-0.3, -0.25) is 14.6 Å². The van der Waals surface area contributed by atoms with Crippen LogP contribution in [0.25, 0.3) is 10.9 Å². The maximum absolute atomic E-state index is 13.4. The van der Waals surface area contributed by atoms with Gasteiger partial charge in [-0.1, -0.05) is 62.4 Å². The summed E-state index contributed by atoms with van der Waals surface area (Å²) in [5.74, 6) is 0.305. The molecule has 0 saturated carbocycles. The van der Waals surface area contributed by atoms with Crippen molar-refractivity contribution in [1.29, 1.82) is 0 Å². The molecule has 5 nitrogen and oxygen atoms in total. The highest BCUT2D eigenvalue weighted by atomic mass is 16.2. The van der Waals surface area contributed by atoms with E-state index in [0.717, 1.165) is 22.2 Å².